The number of nitrogens with zero attached hydrogens (tertiary/aromatic N) is 2. The topological polar surface area (TPSA) is 98.3 Å². The van der Waals surface area contributed by atoms with Crippen LogP contribution in [0, 0.1) is 17.0 Å². The Bertz CT molecular complexity index is 574. The first-order valence-corrected chi connectivity index (χ1v) is 5.42. The van der Waals surface area contributed by atoms with E-state index in [9.17, 15) is 14.9 Å². The van der Waals surface area contributed by atoms with Crippen molar-refractivity contribution < 1.29 is 14.1 Å². The summed E-state index contributed by atoms with van der Waals surface area (Å²) in [6.45, 7) is 1.80. The summed E-state index contributed by atoms with van der Waals surface area (Å²) in [4.78, 5) is 25.3. The van der Waals surface area contributed by atoms with Gasteiger partial charge in [0.25, 0.3) is 5.91 Å². The third-order valence-corrected chi connectivity index (χ3v) is 2.71. The molecule has 0 saturated carbocycles. The minimum absolute atomic E-state index is 0.121. The van der Waals surface area contributed by atoms with Gasteiger partial charge in [-0.2, -0.15) is 0 Å². The van der Waals surface area contributed by atoms with E-state index in [1.807, 2.05) is 0 Å². The lowest BCUT2D eigenvalue weighted by molar-refractivity contribution is -0.402. The average Bonchev–Trinajstić information content (AvgIpc) is 2.86. The van der Waals surface area contributed by atoms with Crippen molar-refractivity contribution in [2.45, 2.75) is 6.92 Å². The van der Waals surface area contributed by atoms with Crippen LogP contribution >= 0.6 is 11.3 Å². The van der Waals surface area contributed by atoms with Gasteiger partial charge in [0.1, 0.15) is 4.92 Å². The number of aryl methyl sites for hydroxylation is 1. The molecule has 2 aromatic rings. The van der Waals surface area contributed by atoms with Gasteiger partial charge in [-0.3, -0.25) is 20.2 Å². The molecule has 2 aromatic heterocycles. The molecule has 2 heterocycles. The van der Waals surface area contributed by atoms with E-state index in [4.69, 9.17) is 4.42 Å². The highest BCUT2D eigenvalue weighted by Gasteiger charge is 2.17. The van der Waals surface area contributed by atoms with Crippen LogP contribution in [-0.2, 0) is 0 Å². The highest BCUT2D eigenvalue weighted by Crippen LogP contribution is 2.19. The highest BCUT2D eigenvalue weighted by atomic mass is 32.1. The largest absolute Gasteiger partial charge is 0.433 e. The van der Waals surface area contributed by atoms with Gasteiger partial charge in [0.2, 0.25) is 0 Å². The van der Waals surface area contributed by atoms with E-state index in [2.05, 4.69) is 10.3 Å². The minimum atomic E-state index is -0.704. The molecule has 1 N–H and O–H groups in total. The Morgan fingerprint density at radius 1 is 1.59 bits per heavy atom. The summed E-state index contributed by atoms with van der Waals surface area (Å²) >= 11 is 1.27. The summed E-state index contributed by atoms with van der Waals surface area (Å²) in [5.74, 6) is -1.15. The first-order valence-electron chi connectivity index (χ1n) is 4.54. The molecule has 0 aliphatic heterocycles. The van der Waals surface area contributed by atoms with Gasteiger partial charge in [-0.15, -0.1) is 11.3 Å². The lowest BCUT2D eigenvalue weighted by atomic mass is 10.4. The van der Waals surface area contributed by atoms with Gasteiger partial charge in [0.05, 0.1) is 11.8 Å². The van der Waals surface area contributed by atoms with Gasteiger partial charge in [-0.25, -0.2) is 4.98 Å². The number of amides is 1. The molecular formula is C9H7N3O4S. The zero-order chi connectivity index (χ0) is 12.4. The van der Waals surface area contributed by atoms with Gasteiger partial charge >= 0.3 is 5.88 Å². The molecule has 0 atom stereocenters. The van der Waals surface area contributed by atoms with Crippen LogP contribution in [0.1, 0.15) is 16.2 Å². The predicted molar refractivity (Wildman–Crippen MR) is 60.2 cm³/mol. The first-order chi connectivity index (χ1) is 8.06. The van der Waals surface area contributed by atoms with E-state index >= 15 is 0 Å². The number of nitro groups is 1. The molecule has 0 fully saturated rings. The Morgan fingerprint density at radius 2 is 2.35 bits per heavy atom. The van der Waals surface area contributed by atoms with Gasteiger partial charge < -0.3 is 4.42 Å². The SMILES string of the molecule is Cc1csc(NC(=O)c2ccc([N+](=O)[O-])o2)n1. The van der Waals surface area contributed by atoms with Gasteiger partial charge in [0.15, 0.2) is 10.9 Å². The summed E-state index contributed by atoms with van der Waals surface area (Å²) in [5.41, 5.74) is 0.788. The van der Waals surface area contributed by atoms with Gasteiger partial charge in [-0.05, 0) is 13.0 Å². The number of aromatic nitrogens is 1. The fraction of sp³-hybridized carbons (Fsp3) is 0.111. The van der Waals surface area contributed by atoms with Crippen LogP contribution in [0.25, 0.3) is 0 Å². The molecule has 0 radical (unpaired) electrons. The van der Waals surface area contributed by atoms with E-state index in [-0.39, 0.29) is 5.76 Å². The van der Waals surface area contributed by atoms with Crippen LogP contribution in [-0.4, -0.2) is 15.8 Å². The van der Waals surface area contributed by atoms with Crippen LogP contribution < -0.4 is 5.32 Å². The normalized spacial score (nSPS) is 10.2. The number of anilines is 1. The molecule has 0 aliphatic carbocycles. The molecule has 1 amide bonds. The second kappa shape index (κ2) is 4.34. The molecular weight excluding hydrogens is 246 g/mol. The molecule has 17 heavy (non-hydrogen) atoms. The van der Waals surface area contributed by atoms with E-state index in [1.54, 1.807) is 12.3 Å². The zero-order valence-corrected chi connectivity index (χ0v) is 9.48. The Labute approximate surface area is 99.2 Å². The Morgan fingerprint density at radius 3 is 2.88 bits per heavy atom. The Hall–Kier alpha value is -2.22. The maximum absolute atomic E-state index is 11.6. The predicted octanol–water partition coefficient (Wildman–Crippen LogP) is 2.21. The molecule has 88 valence electrons. The van der Waals surface area contributed by atoms with Gasteiger partial charge in [-0.1, -0.05) is 0 Å². The van der Waals surface area contributed by atoms with E-state index < -0.39 is 16.7 Å². The van der Waals surface area contributed by atoms with E-state index in [0.29, 0.717) is 5.13 Å². The lowest BCUT2D eigenvalue weighted by Crippen LogP contribution is -2.10. The lowest BCUT2D eigenvalue weighted by Gasteiger charge is -1.96. The quantitative estimate of drug-likeness (QED) is 0.667. The molecule has 0 unspecified atom stereocenters. The summed E-state index contributed by atoms with van der Waals surface area (Å²) in [6.07, 6.45) is 0. The molecule has 2 rings (SSSR count). The molecule has 7 nitrogen and oxygen atoms in total. The molecule has 0 spiro atoms. The Kier molecular flexibility index (Phi) is 2.88. The van der Waals surface area contributed by atoms with Crippen molar-refractivity contribution in [1.29, 1.82) is 0 Å². The number of hydrogen-bond donors (Lipinski definition) is 1. The van der Waals surface area contributed by atoms with Gasteiger partial charge in [0, 0.05) is 5.38 Å². The number of carbonyl (C=O) groups excluding carboxylic acids is 1. The maximum atomic E-state index is 11.6. The number of rotatable bonds is 3. The van der Waals surface area contributed by atoms with Crippen molar-refractivity contribution in [3.63, 3.8) is 0 Å². The van der Waals surface area contributed by atoms with Crippen molar-refractivity contribution in [1.82, 2.24) is 4.98 Å². The maximum Gasteiger partial charge on any atom is 0.433 e. The molecule has 8 heteroatoms. The van der Waals surface area contributed by atoms with Crippen molar-refractivity contribution >= 4 is 28.3 Å². The van der Waals surface area contributed by atoms with Crippen molar-refractivity contribution in [3.05, 3.63) is 39.1 Å². The van der Waals surface area contributed by atoms with Crippen molar-refractivity contribution in [3.8, 4) is 0 Å². The van der Waals surface area contributed by atoms with Crippen molar-refractivity contribution in [2.75, 3.05) is 5.32 Å². The molecule has 0 bridgehead atoms. The number of carbonyl (C=O) groups is 1. The van der Waals surface area contributed by atoms with Crippen LogP contribution in [0.4, 0.5) is 11.0 Å². The first kappa shape index (κ1) is 11.3. The fourth-order valence-corrected chi connectivity index (χ4v) is 1.80. The third-order valence-electron chi connectivity index (χ3n) is 1.84. The third kappa shape index (κ3) is 2.48. The molecule has 0 saturated heterocycles. The zero-order valence-electron chi connectivity index (χ0n) is 8.67. The molecule has 0 aromatic carbocycles. The standard InChI is InChI=1S/C9H7N3O4S/c1-5-4-17-9(10-5)11-8(13)6-2-3-7(16-6)12(14)15/h2-4H,1H3,(H,10,11,13). The van der Waals surface area contributed by atoms with E-state index in [1.165, 1.54) is 17.4 Å². The highest BCUT2D eigenvalue weighted by molar-refractivity contribution is 7.13. The number of furan rings is 1. The number of hydrogen-bond acceptors (Lipinski definition) is 6. The van der Waals surface area contributed by atoms with E-state index in [0.717, 1.165) is 11.8 Å². The van der Waals surface area contributed by atoms with Crippen LogP contribution in [0.5, 0.6) is 0 Å². The Balaban J connectivity index is 2.11. The second-order valence-electron chi connectivity index (χ2n) is 3.14. The summed E-state index contributed by atoms with van der Waals surface area (Å²) in [5, 5.41) is 15.1. The van der Waals surface area contributed by atoms with Crippen LogP contribution in [0.2, 0.25) is 0 Å². The number of nitrogens with one attached hydrogen (secondary N) is 1. The summed E-state index contributed by atoms with van der Waals surface area (Å²) < 4.78 is 4.75. The summed E-state index contributed by atoms with van der Waals surface area (Å²) in [6, 6.07) is 2.37. The van der Waals surface area contributed by atoms with Crippen LogP contribution in [0.15, 0.2) is 21.9 Å². The summed E-state index contributed by atoms with van der Waals surface area (Å²) in [7, 11) is 0. The molecule has 0 aliphatic rings. The van der Waals surface area contributed by atoms with Crippen LogP contribution in [0.3, 0.4) is 0 Å². The monoisotopic (exact) mass is 253 g/mol. The smallest absolute Gasteiger partial charge is 0.395 e. The minimum Gasteiger partial charge on any atom is -0.395 e. The fourth-order valence-electron chi connectivity index (χ4n) is 1.12. The van der Waals surface area contributed by atoms with Crippen molar-refractivity contribution in [2.24, 2.45) is 0 Å². The number of thiazole rings is 1. The second-order valence-corrected chi connectivity index (χ2v) is 4.00. The average molecular weight is 253 g/mol.